The Labute approximate surface area is 134 Å². The quantitative estimate of drug-likeness (QED) is 0.786. The molecule has 0 bridgehead atoms. The number of hydrogen-bond acceptors (Lipinski definition) is 2. The molecule has 2 fully saturated rings. The predicted octanol–water partition coefficient (Wildman–Crippen LogP) is 2.56. The van der Waals surface area contributed by atoms with E-state index in [2.05, 4.69) is 37.2 Å². The van der Waals surface area contributed by atoms with E-state index in [4.69, 9.17) is 0 Å². The lowest BCUT2D eigenvalue weighted by atomic mass is 9.91. The van der Waals surface area contributed by atoms with Gasteiger partial charge in [-0.1, -0.05) is 31.9 Å². The van der Waals surface area contributed by atoms with E-state index < -0.39 is 0 Å². The first-order chi connectivity index (χ1) is 9.56. The second-order valence-electron chi connectivity index (χ2n) is 5.22. The van der Waals surface area contributed by atoms with Crippen LogP contribution in [-0.2, 0) is 4.79 Å². The lowest BCUT2D eigenvalue weighted by Crippen LogP contribution is -2.48. The summed E-state index contributed by atoms with van der Waals surface area (Å²) in [6, 6.07) is 5.54. The molecule has 20 heavy (non-hydrogen) atoms. The van der Waals surface area contributed by atoms with Gasteiger partial charge < -0.3 is 10.2 Å². The minimum atomic E-state index is -0.0386. The van der Waals surface area contributed by atoms with E-state index in [0.29, 0.717) is 12.1 Å². The van der Waals surface area contributed by atoms with Gasteiger partial charge in [0.25, 0.3) is 5.91 Å². The molecule has 1 aromatic rings. The first-order valence-electron chi connectivity index (χ1n) is 6.61. The number of rotatable bonds is 1. The monoisotopic (exact) mass is 400 g/mol. The van der Waals surface area contributed by atoms with Crippen LogP contribution in [0.1, 0.15) is 23.2 Å². The Morgan fingerprint density at radius 1 is 1.25 bits per heavy atom. The summed E-state index contributed by atoms with van der Waals surface area (Å²) in [5.74, 6) is 0.0458. The molecule has 0 aromatic heterocycles. The summed E-state index contributed by atoms with van der Waals surface area (Å²) in [5, 5.41) is 2.87. The van der Waals surface area contributed by atoms with Crippen molar-refractivity contribution in [1.82, 2.24) is 10.2 Å². The largest absolute Gasteiger partial charge is 0.354 e. The maximum atomic E-state index is 12.7. The van der Waals surface area contributed by atoms with Gasteiger partial charge in [-0.05, 0) is 31.0 Å². The molecule has 0 spiro atoms. The van der Waals surface area contributed by atoms with Gasteiger partial charge in [0.1, 0.15) is 0 Å². The van der Waals surface area contributed by atoms with Gasteiger partial charge in [-0.25, -0.2) is 0 Å². The van der Waals surface area contributed by atoms with Crippen LogP contribution >= 0.6 is 31.9 Å². The number of nitrogens with zero attached hydrogens (tertiary/aromatic N) is 1. The van der Waals surface area contributed by atoms with Crippen molar-refractivity contribution in [1.29, 1.82) is 0 Å². The highest BCUT2D eigenvalue weighted by molar-refractivity contribution is 9.11. The molecule has 2 heterocycles. The van der Waals surface area contributed by atoms with Crippen molar-refractivity contribution in [3.63, 3.8) is 0 Å². The van der Waals surface area contributed by atoms with Crippen molar-refractivity contribution < 1.29 is 9.59 Å². The zero-order valence-corrected chi connectivity index (χ0v) is 13.9. The average Bonchev–Trinajstić information content (AvgIpc) is 2.79. The van der Waals surface area contributed by atoms with E-state index in [1.54, 1.807) is 0 Å². The highest BCUT2D eigenvalue weighted by Gasteiger charge is 2.42. The summed E-state index contributed by atoms with van der Waals surface area (Å²) in [6.45, 7) is 1.30. The molecule has 1 aromatic carbocycles. The lowest BCUT2D eigenvalue weighted by Gasteiger charge is -2.36. The molecule has 0 radical (unpaired) electrons. The first-order valence-corrected chi connectivity index (χ1v) is 8.19. The molecule has 2 amide bonds. The summed E-state index contributed by atoms with van der Waals surface area (Å²) in [7, 11) is 0. The number of benzene rings is 1. The maximum Gasteiger partial charge on any atom is 0.254 e. The normalized spacial score (nSPS) is 25.3. The van der Waals surface area contributed by atoms with Gasteiger partial charge in [-0.2, -0.15) is 0 Å². The molecular formula is C14H14Br2N2O2. The maximum absolute atomic E-state index is 12.7. The number of likely N-dealkylation sites (tertiary alicyclic amines) is 1. The summed E-state index contributed by atoms with van der Waals surface area (Å²) in [5.41, 5.74) is 0.645. The molecule has 4 nitrogen and oxygen atoms in total. The fraction of sp³-hybridized carbons (Fsp3) is 0.429. The number of halogens is 2. The summed E-state index contributed by atoms with van der Waals surface area (Å²) < 4.78 is 1.73. The second kappa shape index (κ2) is 5.48. The molecule has 3 rings (SSSR count). The number of carbonyl (C=O) groups is 2. The molecule has 2 atom stereocenters. The van der Waals surface area contributed by atoms with E-state index >= 15 is 0 Å². The van der Waals surface area contributed by atoms with Crippen LogP contribution in [0.2, 0.25) is 0 Å². The van der Waals surface area contributed by atoms with Gasteiger partial charge in [0.2, 0.25) is 5.91 Å². The van der Waals surface area contributed by atoms with Gasteiger partial charge in [0, 0.05) is 27.6 Å². The third-order valence-corrected chi connectivity index (χ3v) is 4.89. The van der Waals surface area contributed by atoms with E-state index in [1.165, 1.54) is 0 Å². The molecule has 0 aliphatic carbocycles. The fourth-order valence-corrected chi connectivity index (χ4v) is 4.34. The summed E-state index contributed by atoms with van der Waals surface area (Å²) in [4.78, 5) is 26.3. The van der Waals surface area contributed by atoms with Crippen molar-refractivity contribution in [2.24, 2.45) is 5.92 Å². The van der Waals surface area contributed by atoms with Gasteiger partial charge in [0.05, 0.1) is 12.0 Å². The van der Waals surface area contributed by atoms with Crippen LogP contribution in [0.3, 0.4) is 0 Å². The van der Waals surface area contributed by atoms with Crippen LogP contribution in [0.25, 0.3) is 0 Å². The van der Waals surface area contributed by atoms with Crippen molar-refractivity contribution >= 4 is 43.7 Å². The molecule has 106 valence electrons. The van der Waals surface area contributed by atoms with Crippen LogP contribution < -0.4 is 5.32 Å². The van der Waals surface area contributed by atoms with E-state index in [1.807, 2.05) is 23.1 Å². The van der Waals surface area contributed by atoms with Crippen LogP contribution in [0, 0.1) is 5.92 Å². The van der Waals surface area contributed by atoms with Crippen LogP contribution in [0.4, 0.5) is 0 Å². The van der Waals surface area contributed by atoms with Gasteiger partial charge >= 0.3 is 0 Å². The molecule has 2 aliphatic heterocycles. The van der Waals surface area contributed by atoms with Crippen molar-refractivity contribution in [3.8, 4) is 0 Å². The number of hydrogen-bond donors (Lipinski definition) is 1. The van der Waals surface area contributed by atoms with Gasteiger partial charge in [0.15, 0.2) is 0 Å². The third-order valence-electron chi connectivity index (χ3n) is 3.97. The first kappa shape index (κ1) is 14.1. The zero-order valence-electron chi connectivity index (χ0n) is 10.7. The SMILES string of the molecule is O=C1NCC2C1CCCN2C(=O)c1cc(Br)cc(Br)c1. The minimum absolute atomic E-state index is 0.00140. The lowest BCUT2D eigenvalue weighted by molar-refractivity contribution is -0.123. The Morgan fingerprint density at radius 3 is 2.65 bits per heavy atom. The highest BCUT2D eigenvalue weighted by Crippen LogP contribution is 2.29. The Kier molecular flexibility index (Phi) is 3.86. The van der Waals surface area contributed by atoms with Crippen LogP contribution in [0.5, 0.6) is 0 Å². The minimum Gasteiger partial charge on any atom is -0.354 e. The van der Waals surface area contributed by atoms with E-state index in [9.17, 15) is 9.59 Å². The molecule has 2 aliphatic rings. The number of amides is 2. The Hall–Kier alpha value is -0.880. The molecule has 1 N–H and O–H groups in total. The number of nitrogens with one attached hydrogen (secondary N) is 1. The smallest absolute Gasteiger partial charge is 0.254 e. The number of fused-ring (bicyclic) bond motifs is 1. The molecule has 2 saturated heterocycles. The molecule has 6 heteroatoms. The van der Waals surface area contributed by atoms with Gasteiger partial charge in [-0.15, -0.1) is 0 Å². The predicted molar refractivity (Wildman–Crippen MR) is 82.4 cm³/mol. The number of carbonyl (C=O) groups excluding carboxylic acids is 2. The van der Waals surface area contributed by atoms with Crippen molar-refractivity contribution in [2.45, 2.75) is 18.9 Å². The number of piperidine rings is 1. The average molecular weight is 402 g/mol. The summed E-state index contributed by atoms with van der Waals surface area (Å²) in [6.07, 6.45) is 1.76. The Morgan fingerprint density at radius 2 is 1.95 bits per heavy atom. The third kappa shape index (κ3) is 2.51. The molecular weight excluding hydrogens is 388 g/mol. The summed E-state index contributed by atoms with van der Waals surface area (Å²) >= 11 is 6.81. The van der Waals surface area contributed by atoms with Crippen LogP contribution in [-0.4, -0.2) is 35.8 Å². The molecule has 0 saturated carbocycles. The second-order valence-corrected chi connectivity index (χ2v) is 7.05. The zero-order chi connectivity index (χ0) is 14.3. The standard InChI is InChI=1S/C14H14Br2N2O2/c15-9-4-8(5-10(16)6-9)14(20)18-3-1-2-11-12(18)7-17-13(11)19/h4-6,11-12H,1-3,7H2,(H,17,19). The van der Waals surface area contributed by atoms with Crippen molar-refractivity contribution in [2.75, 3.05) is 13.1 Å². The molecule has 2 unspecified atom stereocenters. The van der Waals surface area contributed by atoms with E-state index in [-0.39, 0.29) is 23.8 Å². The Balaban J connectivity index is 1.88. The van der Waals surface area contributed by atoms with Crippen LogP contribution in [0.15, 0.2) is 27.1 Å². The van der Waals surface area contributed by atoms with E-state index in [0.717, 1.165) is 28.3 Å². The topological polar surface area (TPSA) is 49.4 Å². The van der Waals surface area contributed by atoms with Crippen molar-refractivity contribution in [3.05, 3.63) is 32.7 Å². The Bertz CT molecular complexity index is 556. The fourth-order valence-electron chi connectivity index (χ4n) is 3.05. The highest BCUT2D eigenvalue weighted by atomic mass is 79.9. The van der Waals surface area contributed by atoms with Gasteiger partial charge in [-0.3, -0.25) is 9.59 Å².